The number of aryl methyl sites for hydroxylation is 2. The number of rotatable bonds is 21. The summed E-state index contributed by atoms with van der Waals surface area (Å²) in [4.78, 5) is 9.46. The van der Waals surface area contributed by atoms with Crippen LogP contribution in [0.5, 0.6) is 0 Å². The van der Waals surface area contributed by atoms with Gasteiger partial charge in [-0.15, -0.1) is 0 Å². The van der Waals surface area contributed by atoms with Gasteiger partial charge in [0.1, 0.15) is 0 Å². The van der Waals surface area contributed by atoms with Crippen molar-refractivity contribution in [2.24, 2.45) is 0 Å². The van der Waals surface area contributed by atoms with Gasteiger partial charge in [0, 0.05) is 122 Å². The van der Waals surface area contributed by atoms with Crippen molar-refractivity contribution in [1.29, 1.82) is 0 Å². The van der Waals surface area contributed by atoms with Crippen LogP contribution in [0.2, 0.25) is 0 Å². The molecule has 1 atom stereocenters. The summed E-state index contributed by atoms with van der Waals surface area (Å²) in [6.45, 7) is 46.0. The molecule has 0 fully saturated rings. The van der Waals surface area contributed by atoms with Crippen LogP contribution in [0.15, 0.2) is 80.3 Å². The Labute approximate surface area is 327 Å². The molecule has 0 saturated carbocycles. The molecule has 55 heavy (non-hydrogen) atoms. The molecular formula is C47H62N8. The van der Waals surface area contributed by atoms with Crippen molar-refractivity contribution in [3.05, 3.63) is 130 Å². The average molecular weight is 739 g/mol. The van der Waals surface area contributed by atoms with E-state index in [0.29, 0.717) is 0 Å². The quantitative estimate of drug-likeness (QED) is 0.0517. The van der Waals surface area contributed by atoms with Crippen LogP contribution < -0.4 is 42.5 Å². The Hall–Kier alpha value is -5.60. The summed E-state index contributed by atoms with van der Waals surface area (Å²) in [6.07, 6.45) is 6.63. The first-order chi connectivity index (χ1) is 26.4. The molecule has 0 aliphatic carbocycles. The van der Waals surface area contributed by atoms with Crippen molar-refractivity contribution >= 4 is 58.9 Å². The summed E-state index contributed by atoms with van der Waals surface area (Å²) in [5, 5.41) is 21.3. The third-order valence-corrected chi connectivity index (χ3v) is 10.7. The first-order valence-electron chi connectivity index (χ1n) is 19.6. The Morgan fingerprint density at radius 2 is 1.65 bits per heavy atom. The molecule has 3 heterocycles. The highest BCUT2D eigenvalue weighted by Crippen LogP contribution is 2.25. The largest absolute Gasteiger partial charge is 0.387 e. The fourth-order valence-corrected chi connectivity index (χ4v) is 7.77. The van der Waals surface area contributed by atoms with Gasteiger partial charge in [-0.25, -0.2) is 0 Å². The zero-order valence-electron chi connectivity index (χ0n) is 33.9. The number of aromatic nitrogens is 3. The van der Waals surface area contributed by atoms with Gasteiger partial charge in [0.05, 0.1) is 6.04 Å². The second-order valence-corrected chi connectivity index (χ2v) is 14.6. The van der Waals surface area contributed by atoms with E-state index >= 15 is 0 Å². The molecule has 5 aromatic rings. The summed E-state index contributed by atoms with van der Waals surface area (Å²) in [5.41, 5.74) is 10.7. The summed E-state index contributed by atoms with van der Waals surface area (Å²) >= 11 is 0. The number of benzene rings is 2. The number of fused-ring (bicyclic) bond motifs is 2. The molecule has 8 nitrogen and oxygen atoms in total. The Kier molecular flexibility index (Phi) is 13.4. The van der Waals surface area contributed by atoms with Gasteiger partial charge in [0.25, 0.3) is 0 Å². The summed E-state index contributed by atoms with van der Waals surface area (Å²) < 4.78 is 2.22. The van der Waals surface area contributed by atoms with Gasteiger partial charge in [-0.05, 0) is 69.8 Å². The number of anilines is 1. The van der Waals surface area contributed by atoms with E-state index in [1.807, 2.05) is 0 Å². The summed E-state index contributed by atoms with van der Waals surface area (Å²) in [6, 6.07) is 12.8. The molecule has 0 saturated heterocycles. The van der Waals surface area contributed by atoms with Crippen LogP contribution >= 0.6 is 0 Å². The lowest BCUT2D eigenvalue weighted by atomic mass is 10.1. The highest BCUT2D eigenvalue weighted by Gasteiger charge is 2.19. The zero-order chi connectivity index (χ0) is 39.8. The third kappa shape index (κ3) is 9.03. The lowest BCUT2D eigenvalue weighted by Gasteiger charge is -2.22. The second kappa shape index (κ2) is 18.2. The number of hydrogen-bond acceptors (Lipinski definition) is 5. The van der Waals surface area contributed by atoms with Gasteiger partial charge in [-0.1, -0.05) is 90.1 Å². The Bertz CT molecular complexity index is 2420. The number of H-pyrrole nitrogens is 2. The molecule has 0 bridgehead atoms. The topological polar surface area (TPSA) is 87.9 Å². The van der Waals surface area contributed by atoms with Crippen molar-refractivity contribution in [1.82, 2.24) is 35.4 Å². The van der Waals surface area contributed by atoms with E-state index in [1.54, 1.807) is 6.20 Å². The normalized spacial score (nSPS) is 12.4. The first kappa shape index (κ1) is 40.6. The van der Waals surface area contributed by atoms with Crippen LogP contribution in [0.25, 0.3) is 53.2 Å². The number of nitrogens with zero attached hydrogens (tertiary/aromatic N) is 2. The van der Waals surface area contributed by atoms with Gasteiger partial charge < -0.3 is 40.7 Å². The maximum Gasteiger partial charge on any atom is 0.0734 e. The molecule has 290 valence electrons. The summed E-state index contributed by atoms with van der Waals surface area (Å²) in [5.74, 6) is 0. The predicted octanol–water partition coefficient (Wildman–Crippen LogP) is 6.51. The lowest BCUT2D eigenvalue weighted by molar-refractivity contribution is 0.293. The molecule has 8 heteroatoms. The van der Waals surface area contributed by atoms with E-state index in [9.17, 15) is 0 Å². The zero-order valence-corrected chi connectivity index (χ0v) is 33.9. The molecule has 3 aromatic heterocycles. The molecule has 1 unspecified atom stereocenters. The molecule has 0 radical (unpaired) electrons. The smallest absolute Gasteiger partial charge is 0.0734 e. The monoisotopic (exact) mass is 739 g/mol. The fraction of sp³-hybridized carbons (Fsp3) is 0.319. The SMILES string of the molecule is C=CNC(=C)C(CCC)n1c(=C)c2cccc(NCCC(=C)NCCN(CC)CCNC(=C)c3c(C)[nH]c(/C=c4\c(=C)[nH]c5ccc(C)cc45)c3C)c2c1=C. The molecule has 6 N–H and O–H groups in total. The molecule has 0 aliphatic heterocycles. The van der Waals surface area contributed by atoms with E-state index in [2.05, 4.69) is 164 Å². The Morgan fingerprint density at radius 3 is 2.36 bits per heavy atom. The van der Waals surface area contributed by atoms with E-state index in [4.69, 9.17) is 0 Å². The molecule has 5 rings (SSSR count). The number of likely N-dealkylation sites (N-methyl/N-ethyl adjacent to an activating group) is 1. The number of allylic oxidation sites excluding steroid dienone is 1. The third-order valence-electron chi connectivity index (χ3n) is 10.7. The number of hydrogen-bond donors (Lipinski definition) is 6. The van der Waals surface area contributed by atoms with E-state index in [1.165, 1.54) is 16.5 Å². The van der Waals surface area contributed by atoms with Crippen LogP contribution in [0, 0.1) is 20.8 Å². The second-order valence-electron chi connectivity index (χ2n) is 14.6. The van der Waals surface area contributed by atoms with Crippen molar-refractivity contribution in [3.63, 3.8) is 0 Å². The maximum absolute atomic E-state index is 4.50. The van der Waals surface area contributed by atoms with Crippen LogP contribution in [-0.4, -0.2) is 58.7 Å². The number of aromatic amines is 2. The van der Waals surface area contributed by atoms with Gasteiger partial charge in [-0.2, -0.15) is 0 Å². The highest BCUT2D eigenvalue weighted by atomic mass is 15.1. The summed E-state index contributed by atoms with van der Waals surface area (Å²) in [7, 11) is 0. The average Bonchev–Trinajstić information content (AvgIpc) is 3.72. The highest BCUT2D eigenvalue weighted by molar-refractivity contribution is 5.94. The first-order valence-corrected chi connectivity index (χ1v) is 19.6. The van der Waals surface area contributed by atoms with Crippen LogP contribution in [0.1, 0.15) is 67.2 Å². The number of nitrogens with one attached hydrogen (secondary N) is 6. The molecule has 0 amide bonds. The fourth-order valence-electron chi connectivity index (χ4n) is 7.77. The molecule has 0 aliphatic rings. The Morgan fingerprint density at radius 1 is 0.909 bits per heavy atom. The lowest BCUT2D eigenvalue weighted by Crippen LogP contribution is -2.36. The predicted molar refractivity (Wildman–Crippen MR) is 240 cm³/mol. The van der Waals surface area contributed by atoms with Crippen molar-refractivity contribution in [2.75, 3.05) is 44.6 Å². The van der Waals surface area contributed by atoms with E-state index in [0.717, 1.165) is 136 Å². The van der Waals surface area contributed by atoms with E-state index < -0.39 is 0 Å². The van der Waals surface area contributed by atoms with Crippen molar-refractivity contribution in [3.8, 4) is 0 Å². The Balaban J connectivity index is 1.11. The minimum atomic E-state index is 0.0400. The molecule has 2 aromatic carbocycles. The minimum absolute atomic E-state index is 0.0400. The minimum Gasteiger partial charge on any atom is -0.387 e. The standard InChI is InChI=1S/C47H62N8/c1-13-17-45(34(8)48-14-2)55-37(11)39-18-16-19-43(47(39)38(55)12)51-23-22-31(5)49-24-26-54(15-3)27-25-50-35(9)46-32(6)44(53-36(46)10)29-40-33(7)52-42-21-20-30(4)28-41(40)42/h14,16,18-21,28-29,45,48-53H,2,5,7-9,11-13,15,17,22-27H2,1,3-4,6,10H3/b40-29+. The van der Waals surface area contributed by atoms with Gasteiger partial charge in [0.15, 0.2) is 0 Å². The van der Waals surface area contributed by atoms with E-state index in [-0.39, 0.29) is 6.04 Å². The molecular weight excluding hydrogens is 677 g/mol. The van der Waals surface area contributed by atoms with Crippen molar-refractivity contribution < 1.29 is 0 Å². The molecule has 0 spiro atoms. The van der Waals surface area contributed by atoms with Crippen LogP contribution in [-0.2, 0) is 0 Å². The van der Waals surface area contributed by atoms with Gasteiger partial charge in [-0.3, -0.25) is 0 Å². The van der Waals surface area contributed by atoms with Crippen molar-refractivity contribution in [2.45, 2.75) is 59.9 Å². The van der Waals surface area contributed by atoms with Gasteiger partial charge in [0.2, 0.25) is 0 Å². The van der Waals surface area contributed by atoms with Crippen LogP contribution in [0.3, 0.4) is 0 Å². The maximum atomic E-state index is 4.50. The van der Waals surface area contributed by atoms with Crippen LogP contribution in [0.4, 0.5) is 5.69 Å². The van der Waals surface area contributed by atoms with Gasteiger partial charge >= 0.3 is 0 Å².